The summed E-state index contributed by atoms with van der Waals surface area (Å²) in [6, 6.07) is 1.81. The number of methoxy groups -OCH3 is 1. The third kappa shape index (κ3) is 2.82. The normalized spacial score (nSPS) is 10.6. The van der Waals surface area contributed by atoms with Gasteiger partial charge in [-0.1, -0.05) is 23.1 Å². The minimum atomic E-state index is -0.469. The van der Waals surface area contributed by atoms with E-state index in [9.17, 15) is 4.79 Å². The maximum absolute atomic E-state index is 11.4. The second-order valence-electron chi connectivity index (χ2n) is 3.41. The van der Waals surface area contributed by atoms with Gasteiger partial charge in [0.2, 0.25) is 10.9 Å². The molecule has 0 atom stereocenters. The van der Waals surface area contributed by atoms with Crippen LogP contribution in [0.25, 0.3) is 0 Å². The number of nitrogen functional groups attached to an aromatic ring is 1. The first-order chi connectivity index (χ1) is 8.60. The molecule has 8 heteroatoms. The molecule has 0 aliphatic carbocycles. The van der Waals surface area contributed by atoms with Gasteiger partial charge in [0, 0.05) is 5.56 Å². The van der Waals surface area contributed by atoms with Gasteiger partial charge in [0.1, 0.15) is 5.76 Å². The smallest absolute Gasteiger partial charge is 0.374 e. The van der Waals surface area contributed by atoms with Crippen molar-refractivity contribution in [2.45, 2.75) is 17.0 Å². The predicted molar refractivity (Wildman–Crippen MR) is 68.7 cm³/mol. The number of hydrogen-bond donors (Lipinski definition) is 1. The number of hydrogen-bond acceptors (Lipinski definition) is 8. The second kappa shape index (κ2) is 5.40. The van der Waals surface area contributed by atoms with Crippen LogP contribution in [0, 0.1) is 6.92 Å². The Bertz CT molecular complexity index is 564. The summed E-state index contributed by atoms with van der Waals surface area (Å²) in [5.74, 6) is 1.02. The molecule has 0 amide bonds. The first kappa shape index (κ1) is 12.9. The van der Waals surface area contributed by atoms with Crippen LogP contribution in [0.1, 0.15) is 21.9 Å². The number of thioether (sulfide) groups is 1. The molecule has 0 unspecified atom stereocenters. The highest BCUT2D eigenvalue weighted by molar-refractivity contribution is 8.00. The molecule has 18 heavy (non-hydrogen) atoms. The number of carbonyl (C=O) groups excluding carboxylic acids is 1. The summed E-state index contributed by atoms with van der Waals surface area (Å²) < 4.78 is 10.8. The Morgan fingerprint density at radius 2 is 2.39 bits per heavy atom. The van der Waals surface area contributed by atoms with Gasteiger partial charge >= 0.3 is 5.97 Å². The lowest BCUT2D eigenvalue weighted by molar-refractivity contribution is 0.0562. The number of aryl methyl sites for hydroxylation is 1. The largest absolute Gasteiger partial charge is 0.463 e. The quantitative estimate of drug-likeness (QED) is 0.679. The molecule has 2 heterocycles. The van der Waals surface area contributed by atoms with Crippen molar-refractivity contribution in [3.63, 3.8) is 0 Å². The second-order valence-corrected chi connectivity index (χ2v) is 5.64. The molecule has 0 spiro atoms. The Labute approximate surface area is 112 Å². The van der Waals surface area contributed by atoms with Gasteiger partial charge in [-0.3, -0.25) is 0 Å². The summed E-state index contributed by atoms with van der Waals surface area (Å²) in [6.07, 6.45) is 0. The molecule has 0 aromatic carbocycles. The molecule has 0 aliphatic heterocycles. The van der Waals surface area contributed by atoms with Crippen LogP contribution in [0.5, 0.6) is 0 Å². The molecule has 6 nitrogen and oxygen atoms in total. The third-order valence-corrected chi connectivity index (χ3v) is 4.01. The van der Waals surface area contributed by atoms with Gasteiger partial charge in [-0.05, 0) is 13.0 Å². The van der Waals surface area contributed by atoms with Crippen molar-refractivity contribution in [2.24, 2.45) is 0 Å². The zero-order valence-electron chi connectivity index (χ0n) is 9.80. The summed E-state index contributed by atoms with van der Waals surface area (Å²) in [6.45, 7) is 1.80. The monoisotopic (exact) mass is 285 g/mol. The van der Waals surface area contributed by atoms with Gasteiger partial charge in [0.25, 0.3) is 0 Å². The van der Waals surface area contributed by atoms with E-state index in [1.165, 1.54) is 30.2 Å². The highest BCUT2D eigenvalue weighted by Crippen LogP contribution is 2.28. The third-order valence-electron chi connectivity index (χ3n) is 2.10. The molecule has 0 fully saturated rings. The predicted octanol–water partition coefficient (Wildman–Crippen LogP) is 2.10. The molecule has 0 radical (unpaired) electrons. The molecular formula is C10H11N3O3S2. The minimum Gasteiger partial charge on any atom is -0.463 e. The van der Waals surface area contributed by atoms with Crippen LogP contribution in [0.4, 0.5) is 5.13 Å². The molecule has 2 rings (SSSR count). The van der Waals surface area contributed by atoms with Crippen LogP contribution in [0.3, 0.4) is 0 Å². The Morgan fingerprint density at radius 1 is 1.61 bits per heavy atom. The Kier molecular flexibility index (Phi) is 3.87. The summed E-state index contributed by atoms with van der Waals surface area (Å²) >= 11 is 2.77. The summed E-state index contributed by atoms with van der Waals surface area (Å²) in [4.78, 5) is 11.4. The number of carbonyl (C=O) groups is 1. The molecule has 0 saturated heterocycles. The number of nitrogens with zero attached hydrogens (tertiary/aromatic N) is 2. The number of esters is 1. The number of ether oxygens (including phenoxy) is 1. The average Bonchev–Trinajstić information content (AvgIpc) is 2.92. The van der Waals surface area contributed by atoms with Crippen LogP contribution in [-0.4, -0.2) is 23.3 Å². The van der Waals surface area contributed by atoms with Crippen LogP contribution in [0.2, 0.25) is 0 Å². The van der Waals surface area contributed by atoms with Crippen LogP contribution >= 0.6 is 23.1 Å². The zero-order chi connectivity index (χ0) is 13.1. The van der Waals surface area contributed by atoms with E-state index >= 15 is 0 Å². The average molecular weight is 285 g/mol. The lowest BCUT2D eigenvalue weighted by Crippen LogP contribution is -2.00. The fourth-order valence-corrected chi connectivity index (χ4v) is 2.84. The van der Waals surface area contributed by atoms with Gasteiger partial charge in [-0.2, -0.15) is 0 Å². The molecule has 2 aromatic rings. The molecular weight excluding hydrogens is 274 g/mol. The fraction of sp³-hybridized carbons (Fsp3) is 0.300. The van der Waals surface area contributed by atoms with E-state index in [4.69, 9.17) is 10.2 Å². The zero-order valence-corrected chi connectivity index (χ0v) is 11.4. The van der Waals surface area contributed by atoms with Gasteiger partial charge < -0.3 is 14.9 Å². The van der Waals surface area contributed by atoms with Gasteiger partial charge in [-0.25, -0.2) is 4.79 Å². The summed E-state index contributed by atoms with van der Waals surface area (Å²) in [7, 11) is 1.32. The molecule has 2 aromatic heterocycles. The molecule has 2 N–H and O–H groups in total. The van der Waals surface area contributed by atoms with E-state index in [2.05, 4.69) is 14.9 Å². The topological polar surface area (TPSA) is 91.2 Å². The highest BCUT2D eigenvalue weighted by atomic mass is 32.2. The van der Waals surface area contributed by atoms with Gasteiger partial charge in [0.05, 0.1) is 12.9 Å². The van der Waals surface area contributed by atoms with Crippen LogP contribution in [0.15, 0.2) is 14.8 Å². The van der Waals surface area contributed by atoms with E-state index < -0.39 is 5.97 Å². The maximum Gasteiger partial charge on any atom is 0.374 e. The van der Waals surface area contributed by atoms with E-state index in [1.807, 2.05) is 6.07 Å². The van der Waals surface area contributed by atoms with E-state index in [0.717, 1.165) is 9.90 Å². The van der Waals surface area contributed by atoms with Crippen LogP contribution in [-0.2, 0) is 10.5 Å². The number of aromatic nitrogens is 2. The minimum absolute atomic E-state index is 0.241. The van der Waals surface area contributed by atoms with Crippen molar-refractivity contribution < 1.29 is 13.9 Å². The van der Waals surface area contributed by atoms with Crippen LogP contribution < -0.4 is 5.73 Å². The van der Waals surface area contributed by atoms with Crippen molar-refractivity contribution in [3.05, 3.63) is 23.2 Å². The highest BCUT2D eigenvalue weighted by Gasteiger charge is 2.16. The molecule has 0 saturated carbocycles. The number of anilines is 1. The Hall–Kier alpha value is -1.54. The van der Waals surface area contributed by atoms with Crippen molar-refractivity contribution in [1.29, 1.82) is 0 Å². The van der Waals surface area contributed by atoms with Crippen molar-refractivity contribution in [3.8, 4) is 0 Å². The molecule has 0 bridgehead atoms. The summed E-state index contributed by atoms with van der Waals surface area (Å²) in [5, 5.41) is 8.03. The fourth-order valence-electron chi connectivity index (χ4n) is 1.33. The van der Waals surface area contributed by atoms with E-state index in [1.54, 1.807) is 6.92 Å². The number of rotatable bonds is 4. The first-order valence-electron chi connectivity index (χ1n) is 4.99. The summed E-state index contributed by atoms with van der Waals surface area (Å²) in [5.41, 5.74) is 6.24. The lowest BCUT2D eigenvalue weighted by atomic mass is 10.3. The number of nitrogens with two attached hydrogens (primary N) is 1. The Morgan fingerprint density at radius 3 is 3.00 bits per heavy atom. The van der Waals surface area contributed by atoms with Crippen molar-refractivity contribution >= 4 is 34.2 Å². The van der Waals surface area contributed by atoms with E-state index in [-0.39, 0.29) is 5.76 Å². The SMILES string of the molecule is COC(=O)c1oc(CSc2nnc(N)s2)cc1C. The number of furan rings is 1. The van der Waals surface area contributed by atoms with Gasteiger partial charge in [0.15, 0.2) is 4.34 Å². The standard InChI is InChI=1S/C10H11N3O3S2/c1-5-3-6(16-7(5)8(14)15-2)4-17-10-13-12-9(11)18-10/h3H,4H2,1-2H3,(H2,11,12). The van der Waals surface area contributed by atoms with Gasteiger partial charge in [-0.15, -0.1) is 10.2 Å². The maximum atomic E-state index is 11.4. The molecule has 0 aliphatic rings. The first-order valence-corrected chi connectivity index (χ1v) is 6.79. The Balaban J connectivity index is 2.04. The lowest BCUT2D eigenvalue weighted by Gasteiger charge is -1.95. The van der Waals surface area contributed by atoms with E-state index in [0.29, 0.717) is 16.6 Å². The van der Waals surface area contributed by atoms with Crippen molar-refractivity contribution in [2.75, 3.05) is 12.8 Å². The molecule has 96 valence electrons. The van der Waals surface area contributed by atoms with Crippen molar-refractivity contribution in [1.82, 2.24) is 10.2 Å².